The molecular weight excluding hydrogens is 266 g/mol. The smallest absolute Gasteiger partial charge is 0.122 e. The number of rotatable bonds is 4. The van der Waals surface area contributed by atoms with Crippen LogP contribution < -0.4 is 0 Å². The molecule has 6 nitrogen and oxygen atoms in total. The standard InChI is InChI=1S/C15H21N5O/c1-19-5-4-18-15(19)11-20-6-7-21-12-13(10-20)8-14-9-16-2-3-17-14/h2-5,9,13H,6-8,10-12H2,1H3/t13-/m0/s1. The summed E-state index contributed by atoms with van der Waals surface area (Å²) >= 11 is 0. The predicted molar refractivity (Wildman–Crippen MR) is 78.5 cm³/mol. The molecule has 1 saturated heterocycles. The number of aryl methyl sites for hydroxylation is 1. The van der Waals surface area contributed by atoms with Gasteiger partial charge in [-0.2, -0.15) is 0 Å². The second-order valence-corrected chi connectivity index (χ2v) is 5.53. The Morgan fingerprint density at radius 2 is 2.24 bits per heavy atom. The van der Waals surface area contributed by atoms with Crippen molar-refractivity contribution in [2.45, 2.75) is 13.0 Å². The van der Waals surface area contributed by atoms with E-state index in [1.807, 2.05) is 25.6 Å². The molecule has 112 valence electrons. The average Bonchev–Trinajstić information content (AvgIpc) is 2.76. The first kappa shape index (κ1) is 14.2. The monoisotopic (exact) mass is 287 g/mol. The van der Waals surface area contributed by atoms with Gasteiger partial charge >= 0.3 is 0 Å². The van der Waals surface area contributed by atoms with Crippen molar-refractivity contribution in [3.8, 4) is 0 Å². The summed E-state index contributed by atoms with van der Waals surface area (Å²) in [7, 11) is 2.04. The van der Waals surface area contributed by atoms with Crippen molar-refractivity contribution in [2.75, 3.05) is 26.3 Å². The van der Waals surface area contributed by atoms with Crippen LogP contribution in [0.25, 0.3) is 0 Å². The largest absolute Gasteiger partial charge is 0.380 e. The van der Waals surface area contributed by atoms with Gasteiger partial charge in [-0.1, -0.05) is 0 Å². The van der Waals surface area contributed by atoms with E-state index >= 15 is 0 Å². The van der Waals surface area contributed by atoms with Crippen LogP contribution in [0.2, 0.25) is 0 Å². The third-order valence-electron chi connectivity index (χ3n) is 3.82. The lowest BCUT2D eigenvalue weighted by Gasteiger charge is -2.22. The molecule has 0 radical (unpaired) electrons. The van der Waals surface area contributed by atoms with E-state index in [2.05, 4.69) is 24.4 Å². The lowest BCUT2D eigenvalue weighted by atomic mass is 10.0. The lowest BCUT2D eigenvalue weighted by Crippen LogP contribution is -2.31. The molecule has 0 amide bonds. The van der Waals surface area contributed by atoms with Crippen molar-refractivity contribution in [1.29, 1.82) is 0 Å². The Morgan fingerprint density at radius 1 is 1.29 bits per heavy atom. The van der Waals surface area contributed by atoms with E-state index in [4.69, 9.17) is 4.74 Å². The van der Waals surface area contributed by atoms with Gasteiger partial charge in [0.25, 0.3) is 0 Å². The highest BCUT2D eigenvalue weighted by molar-refractivity contribution is 4.97. The Hall–Kier alpha value is -1.79. The van der Waals surface area contributed by atoms with Gasteiger partial charge in [0.05, 0.1) is 25.5 Å². The molecule has 0 saturated carbocycles. The molecule has 2 aromatic heterocycles. The van der Waals surface area contributed by atoms with Crippen molar-refractivity contribution >= 4 is 0 Å². The van der Waals surface area contributed by atoms with Crippen molar-refractivity contribution in [3.05, 3.63) is 42.5 Å². The summed E-state index contributed by atoms with van der Waals surface area (Å²) in [5, 5.41) is 0. The van der Waals surface area contributed by atoms with Crippen LogP contribution >= 0.6 is 0 Å². The SMILES string of the molecule is Cn1ccnc1CN1CCOC[C@@H](Cc2cnccn2)C1. The first-order valence-corrected chi connectivity index (χ1v) is 7.32. The second kappa shape index (κ2) is 6.78. The van der Waals surface area contributed by atoms with Gasteiger partial charge in [0.15, 0.2) is 0 Å². The topological polar surface area (TPSA) is 56.1 Å². The number of hydrogen-bond donors (Lipinski definition) is 0. The van der Waals surface area contributed by atoms with Crippen molar-refractivity contribution in [3.63, 3.8) is 0 Å². The molecule has 3 heterocycles. The molecule has 1 aliphatic rings. The van der Waals surface area contributed by atoms with Gasteiger partial charge in [-0.3, -0.25) is 14.9 Å². The molecule has 1 fully saturated rings. The highest BCUT2D eigenvalue weighted by Gasteiger charge is 2.20. The summed E-state index contributed by atoms with van der Waals surface area (Å²) in [6, 6.07) is 0. The summed E-state index contributed by atoms with van der Waals surface area (Å²) < 4.78 is 7.81. The fourth-order valence-corrected chi connectivity index (χ4v) is 2.70. The average molecular weight is 287 g/mol. The molecule has 6 heteroatoms. The van der Waals surface area contributed by atoms with E-state index in [1.165, 1.54) is 0 Å². The van der Waals surface area contributed by atoms with E-state index in [0.29, 0.717) is 5.92 Å². The van der Waals surface area contributed by atoms with Crippen LogP contribution in [0.5, 0.6) is 0 Å². The van der Waals surface area contributed by atoms with Crippen LogP contribution in [-0.2, 0) is 24.8 Å². The van der Waals surface area contributed by atoms with Gasteiger partial charge < -0.3 is 9.30 Å². The third kappa shape index (κ3) is 3.86. The summed E-state index contributed by atoms with van der Waals surface area (Å²) in [5.41, 5.74) is 1.03. The molecule has 0 N–H and O–H groups in total. The molecule has 0 bridgehead atoms. The fraction of sp³-hybridized carbons (Fsp3) is 0.533. The van der Waals surface area contributed by atoms with Crippen LogP contribution in [0.1, 0.15) is 11.5 Å². The normalized spacial score (nSPS) is 20.3. The minimum atomic E-state index is 0.449. The Labute approximate surface area is 124 Å². The predicted octanol–water partition coefficient (Wildman–Crippen LogP) is 0.901. The van der Waals surface area contributed by atoms with Crippen LogP contribution in [-0.4, -0.2) is 50.7 Å². The van der Waals surface area contributed by atoms with Crippen molar-refractivity contribution in [2.24, 2.45) is 13.0 Å². The van der Waals surface area contributed by atoms with Crippen LogP contribution in [0.4, 0.5) is 0 Å². The highest BCUT2D eigenvalue weighted by atomic mass is 16.5. The quantitative estimate of drug-likeness (QED) is 0.836. The number of aromatic nitrogens is 4. The lowest BCUT2D eigenvalue weighted by molar-refractivity contribution is 0.121. The molecule has 1 aliphatic heterocycles. The summed E-state index contributed by atoms with van der Waals surface area (Å²) in [6.45, 7) is 4.38. The number of nitrogens with zero attached hydrogens (tertiary/aromatic N) is 5. The molecule has 0 unspecified atom stereocenters. The number of ether oxygens (including phenoxy) is 1. The van der Waals surface area contributed by atoms with E-state index in [9.17, 15) is 0 Å². The van der Waals surface area contributed by atoms with Crippen molar-refractivity contribution in [1.82, 2.24) is 24.4 Å². The molecule has 1 atom stereocenters. The molecule has 0 aliphatic carbocycles. The summed E-state index contributed by atoms with van der Waals surface area (Å²) in [5.74, 6) is 1.54. The van der Waals surface area contributed by atoms with Gasteiger partial charge in [0, 0.05) is 57.0 Å². The zero-order valence-corrected chi connectivity index (χ0v) is 12.4. The zero-order chi connectivity index (χ0) is 14.5. The number of hydrogen-bond acceptors (Lipinski definition) is 5. The van der Waals surface area contributed by atoms with Gasteiger partial charge in [-0.15, -0.1) is 0 Å². The van der Waals surface area contributed by atoms with Crippen LogP contribution in [0, 0.1) is 5.92 Å². The van der Waals surface area contributed by atoms with Gasteiger partial charge in [0.1, 0.15) is 5.82 Å². The Bertz CT molecular complexity index is 556. The van der Waals surface area contributed by atoms with E-state index < -0.39 is 0 Å². The van der Waals surface area contributed by atoms with E-state index in [0.717, 1.165) is 50.8 Å². The van der Waals surface area contributed by atoms with Gasteiger partial charge in [-0.25, -0.2) is 4.98 Å². The molecule has 3 rings (SSSR count). The fourth-order valence-electron chi connectivity index (χ4n) is 2.70. The third-order valence-corrected chi connectivity index (χ3v) is 3.82. The summed E-state index contributed by atoms with van der Waals surface area (Å²) in [4.78, 5) is 15.3. The maximum Gasteiger partial charge on any atom is 0.122 e. The van der Waals surface area contributed by atoms with E-state index in [1.54, 1.807) is 12.4 Å². The molecule has 0 aromatic carbocycles. The van der Waals surface area contributed by atoms with E-state index in [-0.39, 0.29) is 0 Å². The summed E-state index contributed by atoms with van der Waals surface area (Å²) in [6.07, 6.45) is 10.0. The zero-order valence-electron chi connectivity index (χ0n) is 12.4. The Morgan fingerprint density at radius 3 is 3.00 bits per heavy atom. The second-order valence-electron chi connectivity index (χ2n) is 5.53. The minimum absolute atomic E-state index is 0.449. The van der Waals surface area contributed by atoms with Gasteiger partial charge in [0.2, 0.25) is 0 Å². The highest BCUT2D eigenvalue weighted by Crippen LogP contribution is 2.14. The molecule has 2 aromatic rings. The minimum Gasteiger partial charge on any atom is -0.380 e. The maximum absolute atomic E-state index is 5.74. The first-order valence-electron chi connectivity index (χ1n) is 7.32. The number of imidazole rings is 1. The Kier molecular flexibility index (Phi) is 4.57. The molecule has 0 spiro atoms. The van der Waals surface area contributed by atoms with Gasteiger partial charge in [-0.05, 0) is 6.42 Å². The molecule has 21 heavy (non-hydrogen) atoms. The Balaban J connectivity index is 1.62. The first-order chi connectivity index (χ1) is 10.3. The maximum atomic E-state index is 5.74. The van der Waals surface area contributed by atoms with Crippen LogP contribution in [0.15, 0.2) is 31.0 Å². The molecular formula is C15H21N5O. The van der Waals surface area contributed by atoms with Crippen molar-refractivity contribution < 1.29 is 4.74 Å². The van der Waals surface area contributed by atoms with Crippen LogP contribution in [0.3, 0.4) is 0 Å².